The van der Waals surface area contributed by atoms with Crippen LogP contribution in [0, 0.1) is 0 Å². The van der Waals surface area contributed by atoms with E-state index in [1.807, 2.05) is 0 Å². The van der Waals surface area contributed by atoms with Crippen LogP contribution in [0.1, 0.15) is 0 Å². The number of hydrogen-bond acceptors (Lipinski definition) is 12. The summed E-state index contributed by atoms with van der Waals surface area (Å²) in [5, 5.41) is 69.9. The summed E-state index contributed by atoms with van der Waals surface area (Å²) in [5.74, 6) is 0.890. The molecule has 0 unspecified atom stereocenters. The van der Waals surface area contributed by atoms with Crippen molar-refractivity contribution >= 4 is 0 Å². The number of aliphatic hydroxyl groups excluding tert-OH is 7. The number of ether oxygens (including phenoxy) is 5. The van der Waals surface area contributed by atoms with Crippen LogP contribution in [0.15, 0.2) is 24.3 Å². The van der Waals surface area contributed by atoms with Crippen LogP contribution in [-0.4, -0.2) is 117 Å². The van der Waals surface area contributed by atoms with E-state index in [0.29, 0.717) is 11.5 Å². The molecular weight excluding hydrogens is 420 g/mol. The predicted octanol–water partition coefficient (Wildman–Crippen LogP) is -3.30. The van der Waals surface area contributed by atoms with E-state index in [-0.39, 0.29) is 0 Å². The zero-order chi connectivity index (χ0) is 22.7. The van der Waals surface area contributed by atoms with Gasteiger partial charge in [0.1, 0.15) is 60.3 Å². The van der Waals surface area contributed by atoms with Gasteiger partial charge in [0.05, 0.1) is 20.3 Å². The van der Waals surface area contributed by atoms with E-state index in [2.05, 4.69) is 0 Å². The normalized spacial score (nSPS) is 41.0. The minimum absolute atomic E-state index is 0.307. The maximum atomic E-state index is 10.6. The molecule has 0 aromatic heterocycles. The van der Waals surface area contributed by atoms with Crippen molar-refractivity contribution in [3.05, 3.63) is 24.3 Å². The maximum Gasteiger partial charge on any atom is 0.229 e. The van der Waals surface area contributed by atoms with Gasteiger partial charge in [0.2, 0.25) is 6.29 Å². The zero-order valence-electron chi connectivity index (χ0n) is 16.7. The lowest BCUT2D eigenvalue weighted by molar-refractivity contribution is -0.352. The number of rotatable bonds is 7. The summed E-state index contributed by atoms with van der Waals surface area (Å²) in [6.45, 7) is -1.31. The fourth-order valence-corrected chi connectivity index (χ4v) is 3.44. The molecule has 1 aromatic rings. The predicted molar refractivity (Wildman–Crippen MR) is 100 cm³/mol. The summed E-state index contributed by atoms with van der Waals surface area (Å²) in [6, 6.07) is 6.36. The Morgan fingerprint density at radius 1 is 0.710 bits per heavy atom. The van der Waals surface area contributed by atoms with Gasteiger partial charge in [-0.15, -0.1) is 0 Å². The van der Waals surface area contributed by atoms with Crippen molar-refractivity contribution in [3.63, 3.8) is 0 Å². The van der Waals surface area contributed by atoms with Crippen molar-refractivity contribution in [3.8, 4) is 11.5 Å². The minimum atomic E-state index is -1.73. The molecule has 0 aliphatic carbocycles. The van der Waals surface area contributed by atoms with Gasteiger partial charge >= 0.3 is 0 Å². The molecule has 10 atom stereocenters. The van der Waals surface area contributed by atoms with Crippen LogP contribution in [0.25, 0.3) is 0 Å². The number of methoxy groups -OCH3 is 1. The summed E-state index contributed by atoms with van der Waals surface area (Å²) < 4.78 is 26.9. The highest BCUT2D eigenvalue weighted by Crippen LogP contribution is 2.30. The van der Waals surface area contributed by atoms with Crippen molar-refractivity contribution < 1.29 is 59.4 Å². The van der Waals surface area contributed by atoms with Crippen LogP contribution in [0.3, 0.4) is 0 Å². The highest BCUT2D eigenvalue weighted by atomic mass is 16.7. The lowest BCUT2D eigenvalue weighted by atomic mass is 9.97. The molecule has 0 radical (unpaired) electrons. The second-order valence-corrected chi connectivity index (χ2v) is 7.30. The van der Waals surface area contributed by atoms with Crippen molar-refractivity contribution in [1.29, 1.82) is 0 Å². The molecular formula is C19H28O12. The molecule has 3 rings (SSSR count). The largest absolute Gasteiger partial charge is 0.497 e. The van der Waals surface area contributed by atoms with Gasteiger partial charge in [-0.1, -0.05) is 0 Å². The molecule has 2 aliphatic heterocycles. The van der Waals surface area contributed by atoms with Crippen LogP contribution in [0.5, 0.6) is 11.5 Å². The van der Waals surface area contributed by atoms with Gasteiger partial charge < -0.3 is 59.4 Å². The number of aliphatic hydroxyl groups is 7. The molecule has 12 heteroatoms. The molecule has 0 spiro atoms. The van der Waals surface area contributed by atoms with Crippen LogP contribution < -0.4 is 9.47 Å². The van der Waals surface area contributed by atoms with Gasteiger partial charge in [0, 0.05) is 0 Å². The lowest BCUT2D eigenvalue weighted by Gasteiger charge is -2.45. The van der Waals surface area contributed by atoms with Crippen LogP contribution >= 0.6 is 0 Å². The third-order valence-electron chi connectivity index (χ3n) is 5.27. The minimum Gasteiger partial charge on any atom is -0.497 e. The molecule has 7 N–H and O–H groups in total. The van der Waals surface area contributed by atoms with E-state index in [1.165, 1.54) is 7.11 Å². The topological polar surface area (TPSA) is 188 Å². The number of hydrogen-bond donors (Lipinski definition) is 7. The number of benzene rings is 1. The van der Waals surface area contributed by atoms with Crippen molar-refractivity contribution in [2.75, 3.05) is 20.3 Å². The summed E-state index contributed by atoms with van der Waals surface area (Å²) in [6.07, 6.45) is -15.0. The molecule has 31 heavy (non-hydrogen) atoms. The van der Waals surface area contributed by atoms with E-state index in [4.69, 9.17) is 23.7 Å². The van der Waals surface area contributed by atoms with Gasteiger partial charge in [0.25, 0.3) is 0 Å². The first-order valence-electron chi connectivity index (χ1n) is 9.69. The zero-order valence-corrected chi connectivity index (χ0v) is 16.7. The molecule has 2 saturated heterocycles. The standard InChI is InChI=1S/C19H28O12/c1-27-8-2-4-9(5-3-8)28-18-16(26)14(24)17(11(7-21)30-18)31-19-15(25)13(23)12(22)10(6-20)29-19/h2-5,10-26H,6-7H2,1H3/t10-,11+,12-,13+,14+,15-,16+,17-,18+,19+/m0/s1. The van der Waals surface area contributed by atoms with Gasteiger partial charge in [0.15, 0.2) is 6.29 Å². The van der Waals surface area contributed by atoms with Gasteiger partial charge in [-0.05, 0) is 24.3 Å². The summed E-state index contributed by atoms with van der Waals surface area (Å²) in [4.78, 5) is 0. The van der Waals surface area contributed by atoms with Crippen molar-refractivity contribution in [2.45, 2.75) is 61.4 Å². The van der Waals surface area contributed by atoms with E-state index in [9.17, 15) is 35.7 Å². The second-order valence-electron chi connectivity index (χ2n) is 7.30. The summed E-state index contributed by atoms with van der Waals surface area (Å²) >= 11 is 0. The molecule has 0 bridgehead atoms. The molecule has 2 fully saturated rings. The van der Waals surface area contributed by atoms with Crippen molar-refractivity contribution in [1.82, 2.24) is 0 Å². The van der Waals surface area contributed by atoms with Crippen LogP contribution in [0.4, 0.5) is 0 Å². The Bertz CT molecular complexity index is 683. The quantitative estimate of drug-likeness (QED) is 0.220. The molecule has 0 saturated carbocycles. The van der Waals surface area contributed by atoms with Crippen LogP contribution in [-0.2, 0) is 14.2 Å². The Balaban J connectivity index is 1.70. The Morgan fingerprint density at radius 3 is 1.84 bits per heavy atom. The summed E-state index contributed by atoms with van der Waals surface area (Å²) in [5.41, 5.74) is 0. The Kier molecular flexibility index (Phi) is 8.04. The smallest absolute Gasteiger partial charge is 0.229 e. The lowest BCUT2D eigenvalue weighted by Crippen LogP contribution is -2.65. The van der Waals surface area contributed by atoms with E-state index in [0.717, 1.165) is 0 Å². The average molecular weight is 448 g/mol. The first kappa shape index (κ1) is 24.1. The first-order valence-corrected chi connectivity index (χ1v) is 9.69. The van der Waals surface area contributed by atoms with E-state index in [1.54, 1.807) is 24.3 Å². The molecule has 176 valence electrons. The second kappa shape index (κ2) is 10.4. The fourth-order valence-electron chi connectivity index (χ4n) is 3.44. The monoisotopic (exact) mass is 448 g/mol. The van der Waals surface area contributed by atoms with E-state index >= 15 is 0 Å². The molecule has 12 nitrogen and oxygen atoms in total. The molecule has 0 amide bonds. The molecule has 1 aromatic carbocycles. The van der Waals surface area contributed by atoms with Gasteiger partial charge in [-0.25, -0.2) is 0 Å². The van der Waals surface area contributed by atoms with Gasteiger partial charge in [-0.2, -0.15) is 0 Å². The highest BCUT2D eigenvalue weighted by Gasteiger charge is 2.51. The first-order chi connectivity index (χ1) is 14.8. The van der Waals surface area contributed by atoms with Gasteiger partial charge in [-0.3, -0.25) is 0 Å². The highest BCUT2D eigenvalue weighted by molar-refractivity contribution is 5.31. The molecule has 2 heterocycles. The summed E-state index contributed by atoms with van der Waals surface area (Å²) in [7, 11) is 1.50. The van der Waals surface area contributed by atoms with Crippen LogP contribution in [0.2, 0.25) is 0 Å². The third-order valence-corrected chi connectivity index (χ3v) is 5.27. The Labute approximate surface area is 177 Å². The Hall–Kier alpha value is -1.58. The van der Waals surface area contributed by atoms with E-state index < -0.39 is 74.6 Å². The fraction of sp³-hybridized carbons (Fsp3) is 0.684. The average Bonchev–Trinajstić information content (AvgIpc) is 2.79. The van der Waals surface area contributed by atoms with Crippen molar-refractivity contribution in [2.24, 2.45) is 0 Å². The SMILES string of the molecule is COc1ccc(O[C@@H]2O[C@H](CO)[C@H](O[C@H]3O[C@@H](CO)[C@H](O)[C@@H](O)[C@@H]3O)[C@H](O)[C@H]2O)cc1. The Morgan fingerprint density at radius 2 is 1.26 bits per heavy atom. The third kappa shape index (κ3) is 5.09. The maximum absolute atomic E-state index is 10.6. The molecule has 2 aliphatic rings.